The van der Waals surface area contributed by atoms with Gasteiger partial charge in [0, 0.05) is 44.9 Å². The molecular weight excluding hydrogens is 652 g/mol. The molecule has 2 aliphatic heterocycles. The zero-order chi connectivity index (χ0) is 35.2. The highest BCUT2D eigenvalue weighted by atomic mass is 16.5. The number of aryl methyl sites for hydroxylation is 1. The third-order valence-electron chi connectivity index (χ3n) is 9.52. The van der Waals surface area contributed by atoms with Crippen molar-refractivity contribution in [1.82, 2.24) is 39.1 Å². The van der Waals surface area contributed by atoms with Gasteiger partial charge >= 0.3 is 0 Å². The lowest BCUT2D eigenvalue weighted by atomic mass is 10.1. The van der Waals surface area contributed by atoms with Crippen molar-refractivity contribution < 1.29 is 19.1 Å². The molecule has 0 unspecified atom stereocenters. The molecule has 51 heavy (non-hydrogen) atoms. The number of carbonyl (C=O) groups excluding carboxylic acids is 2. The predicted octanol–water partition coefficient (Wildman–Crippen LogP) is 2.46. The van der Waals surface area contributed by atoms with Gasteiger partial charge in [0.25, 0.3) is 11.5 Å². The first-order valence-electron chi connectivity index (χ1n) is 16.8. The number of aromatic nitrogens is 7. The second-order valence-corrected chi connectivity index (χ2v) is 12.7. The molecule has 15 nitrogen and oxygen atoms in total. The molecule has 0 spiro atoms. The number of anilines is 1. The average Bonchev–Trinajstić information content (AvgIpc) is 3.90. The van der Waals surface area contributed by atoms with Gasteiger partial charge in [-0.25, -0.2) is 4.68 Å². The minimum atomic E-state index is -0.568. The number of benzene rings is 3. The van der Waals surface area contributed by atoms with E-state index >= 15 is 0 Å². The fraction of sp³-hybridized carbons (Fsp3) is 0.306. The first-order valence-corrected chi connectivity index (χ1v) is 16.8. The molecule has 3 aromatic heterocycles. The quantitative estimate of drug-likeness (QED) is 0.238. The molecule has 2 aliphatic rings. The molecule has 3 aromatic carbocycles. The summed E-state index contributed by atoms with van der Waals surface area (Å²) in [6, 6.07) is 19.1. The van der Waals surface area contributed by atoms with E-state index in [2.05, 4.69) is 15.4 Å². The van der Waals surface area contributed by atoms with E-state index in [1.54, 1.807) is 33.3 Å². The van der Waals surface area contributed by atoms with Crippen LogP contribution in [0.1, 0.15) is 39.7 Å². The Balaban J connectivity index is 1.10. The molecule has 260 valence electrons. The molecule has 0 aliphatic carbocycles. The highest BCUT2D eigenvalue weighted by Crippen LogP contribution is 2.30. The van der Waals surface area contributed by atoms with E-state index in [-0.39, 0.29) is 30.4 Å². The smallest absolute Gasteiger partial charge is 0.299 e. The Morgan fingerprint density at radius 3 is 2.53 bits per heavy atom. The van der Waals surface area contributed by atoms with Gasteiger partial charge in [-0.2, -0.15) is 9.50 Å². The van der Waals surface area contributed by atoms with Gasteiger partial charge in [-0.3, -0.25) is 14.4 Å². The highest BCUT2D eigenvalue weighted by molar-refractivity contribution is 6.00. The van der Waals surface area contributed by atoms with Gasteiger partial charge in [-0.15, -0.1) is 10.2 Å². The summed E-state index contributed by atoms with van der Waals surface area (Å²) in [7, 11) is 1.79. The molecule has 2 N–H and O–H groups in total. The van der Waals surface area contributed by atoms with Crippen LogP contribution in [0.5, 0.6) is 5.75 Å². The van der Waals surface area contributed by atoms with Gasteiger partial charge in [0.2, 0.25) is 11.7 Å². The Hall–Kier alpha value is -6.09. The maximum absolute atomic E-state index is 14.2. The second kappa shape index (κ2) is 13.0. The normalized spacial score (nSPS) is 14.4. The number of piperazine rings is 1. The Bertz CT molecular complexity index is 2370. The minimum Gasteiger partial charge on any atom is -0.488 e. The van der Waals surface area contributed by atoms with Gasteiger partial charge in [0.05, 0.1) is 30.0 Å². The summed E-state index contributed by atoms with van der Waals surface area (Å²) in [6.07, 6.45) is 0.437. The van der Waals surface area contributed by atoms with Crippen LogP contribution in [0.2, 0.25) is 0 Å². The summed E-state index contributed by atoms with van der Waals surface area (Å²) in [5, 5.41) is 13.0. The number of primary amides is 1. The van der Waals surface area contributed by atoms with Crippen LogP contribution in [0.15, 0.2) is 65.5 Å². The van der Waals surface area contributed by atoms with Crippen LogP contribution < -0.4 is 20.9 Å². The van der Waals surface area contributed by atoms with Crippen LogP contribution >= 0.6 is 0 Å². The van der Waals surface area contributed by atoms with Crippen LogP contribution in [0.4, 0.5) is 5.69 Å². The van der Waals surface area contributed by atoms with E-state index in [1.165, 1.54) is 4.52 Å². The van der Waals surface area contributed by atoms with E-state index in [1.807, 2.05) is 60.4 Å². The molecule has 0 atom stereocenters. The summed E-state index contributed by atoms with van der Waals surface area (Å²) in [6.45, 7) is 4.51. The van der Waals surface area contributed by atoms with Crippen LogP contribution in [0.25, 0.3) is 28.2 Å². The molecule has 1 saturated heterocycles. The molecule has 0 saturated carbocycles. The largest absolute Gasteiger partial charge is 0.488 e. The molecular formula is C36H36N10O5. The summed E-state index contributed by atoms with van der Waals surface area (Å²) >= 11 is 0. The number of hydrogen-bond donors (Lipinski definition) is 1. The first kappa shape index (κ1) is 32.1. The number of carbonyl (C=O) groups is 2. The summed E-state index contributed by atoms with van der Waals surface area (Å²) in [5.74, 6) is 0.266. The summed E-state index contributed by atoms with van der Waals surface area (Å²) in [4.78, 5) is 49.1. The third kappa shape index (κ3) is 5.84. The minimum absolute atomic E-state index is 0.175. The van der Waals surface area contributed by atoms with Crippen molar-refractivity contribution in [2.45, 2.75) is 39.7 Å². The fourth-order valence-electron chi connectivity index (χ4n) is 6.90. The Kier molecular flexibility index (Phi) is 8.18. The Morgan fingerprint density at radius 1 is 0.980 bits per heavy atom. The van der Waals surface area contributed by atoms with Crippen molar-refractivity contribution in [2.24, 2.45) is 12.8 Å². The number of fused-ring (bicyclic) bond motifs is 3. The Labute approximate surface area is 291 Å². The number of nitrogens with two attached hydrogens (primary N) is 1. The van der Waals surface area contributed by atoms with Gasteiger partial charge in [0.15, 0.2) is 5.82 Å². The molecule has 5 heterocycles. The topological polar surface area (TPSA) is 168 Å². The lowest BCUT2D eigenvalue weighted by molar-refractivity contribution is -0.118. The van der Waals surface area contributed by atoms with Crippen molar-refractivity contribution in [3.05, 3.63) is 99.0 Å². The fourth-order valence-corrected chi connectivity index (χ4v) is 6.90. The molecule has 0 radical (unpaired) electrons. The SMILES string of the molecule is CCc1c(N2CCN(C(=O)c3cc4nnn(C)c4cc3OCc3ccccc3)CC2)c(=O)n2nc(-c3ccc4c(c3)COC4)nc2n1CC(N)=O. The molecule has 6 aromatic rings. The average molecular weight is 689 g/mol. The van der Waals surface area contributed by atoms with Crippen LogP contribution in [0, 0.1) is 0 Å². The highest BCUT2D eigenvalue weighted by Gasteiger charge is 2.30. The number of ether oxygens (including phenoxy) is 2. The van der Waals surface area contributed by atoms with E-state index in [0.717, 1.165) is 27.8 Å². The number of nitrogens with zero attached hydrogens (tertiary/aromatic N) is 9. The van der Waals surface area contributed by atoms with Crippen molar-refractivity contribution >= 4 is 34.3 Å². The predicted molar refractivity (Wildman–Crippen MR) is 187 cm³/mol. The molecule has 8 rings (SSSR count). The second-order valence-electron chi connectivity index (χ2n) is 12.7. The van der Waals surface area contributed by atoms with Crippen LogP contribution in [0.3, 0.4) is 0 Å². The number of amides is 2. The lowest BCUT2D eigenvalue weighted by Gasteiger charge is -2.37. The van der Waals surface area contributed by atoms with E-state index in [0.29, 0.717) is 79.8 Å². The van der Waals surface area contributed by atoms with E-state index < -0.39 is 5.91 Å². The molecule has 15 heteroatoms. The summed E-state index contributed by atoms with van der Waals surface area (Å²) in [5.41, 5.74) is 12.0. The van der Waals surface area contributed by atoms with Crippen molar-refractivity contribution in [3.63, 3.8) is 0 Å². The van der Waals surface area contributed by atoms with Gasteiger partial charge < -0.3 is 29.6 Å². The maximum Gasteiger partial charge on any atom is 0.299 e. The summed E-state index contributed by atoms with van der Waals surface area (Å²) < 4.78 is 16.3. The van der Waals surface area contributed by atoms with Gasteiger partial charge in [-0.05, 0) is 35.2 Å². The molecule has 0 bridgehead atoms. The van der Waals surface area contributed by atoms with Crippen molar-refractivity contribution in [1.29, 1.82) is 0 Å². The first-order chi connectivity index (χ1) is 24.8. The third-order valence-corrected chi connectivity index (χ3v) is 9.52. The maximum atomic E-state index is 14.2. The van der Waals surface area contributed by atoms with Crippen LogP contribution in [-0.2, 0) is 49.4 Å². The number of hydrogen-bond acceptors (Lipinski definition) is 10. The molecule has 2 amide bonds. The molecule has 1 fully saturated rings. The van der Waals surface area contributed by atoms with E-state index in [4.69, 9.17) is 20.2 Å². The zero-order valence-corrected chi connectivity index (χ0v) is 28.3. The van der Waals surface area contributed by atoms with Crippen molar-refractivity contribution in [3.8, 4) is 17.1 Å². The van der Waals surface area contributed by atoms with Gasteiger partial charge in [-0.1, -0.05) is 54.6 Å². The standard InChI is InChI=1S/C36H36N10O5/c1-3-28-32(35(49)46-36(45(28)18-31(37)47)38-33(40-46)23-9-10-24-20-50-21-25(24)15-23)43-11-13-44(14-12-43)34(48)26-16-27-29(42(2)41-39-27)17-30(26)51-19-22-7-5-4-6-8-22/h4-10,15-17H,3,11-14,18-21H2,1-2H3,(H2,37,47). The van der Waals surface area contributed by atoms with E-state index in [9.17, 15) is 14.4 Å². The zero-order valence-electron chi connectivity index (χ0n) is 28.3. The van der Waals surface area contributed by atoms with Crippen LogP contribution in [-0.4, -0.2) is 77.1 Å². The number of rotatable bonds is 9. The Morgan fingerprint density at radius 2 is 1.76 bits per heavy atom. The van der Waals surface area contributed by atoms with Gasteiger partial charge in [0.1, 0.15) is 30.1 Å². The monoisotopic (exact) mass is 688 g/mol. The lowest BCUT2D eigenvalue weighted by Crippen LogP contribution is -2.51. The van der Waals surface area contributed by atoms with Crippen molar-refractivity contribution in [2.75, 3.05) is 31.1 Å².